The summed E-state index contributed by atoms with van der Waals surface area (Å²) in [6.07, 6.45) is -0.00202. The molecule has 0 fully saturated rings. The van der Waals surface area contributed by atoms with Crippen molar-refractivity contribution in [2.24, 2.45) is 0 Å². The average molecular weight is 494 g/mol. The van der Waals surface area contributed by atoms with Crippen LogP contribution in [-0.2, 0) is 14.8 Å². The van der Waals surface area contributed by atoms with Crippen LogP contribution in [0.3, 0.4) is 0 Å². The third-order valence-electron chi connectivity index (χ3n) is 5.58. The van der Waals surface area contributed by atoms with Crippen LogP contribution in [0.1, 0.15) is 52.0 Å². The summed E-state index contributed by atoms with van der Waals surface area (Å²) in [6.45, 7) is 7.26. The summed E-state index contributed by atoms with van der Waals surface area (Å²) in [6, 6.07) is 19.5. The Kier molecular flexibility index (Phi) is 8.43. The number of sulfonamides is 1. The molecule has 184 valence electrons. The zero-order valence-corrected chi connectivity index (χ0v) is 21.2. The number of anilines is 1. The number of carbonyl (C=O) groups excluding carboxylic acids is 2. The first-order valence-electron chi connectivity index (χ1n) is 11.4. The fourth-order valence-electron chi connectivity index (χ4n) is 4.04. The molecular formula is C27H31N3O4S. The van der Waals surface area contributed by atoms with Gasteiger partial charge in [-0.25, -0.2) is 13.1 Å². The fraction of sp³-hybridized carbons (Fsp3) is 0.259. The zero-order valence-electron chi connectivity index (χ0n) is 20.4. The number of hydrogen-bond acceptors (Lipinski definition) is 4. The SMILES string of the molecule is Cc1cc(C)c(S(=O)(=O)NCCC(=O)NC(C)c2cccc(NC(=O)c3ccccc3)c2)c(C)c1. The topological polar surface area (TPSA) is 104 Å². The first-order chi connectivity index (χ1) is 16.6. The van der Waals surface area contributed by atoms with Gasteiger partial charge in [0, 0.05) is 24.2 Å². The van der Waals surface area contributed by atoms with E-state index in [1.54, 1.807) is 56.3 Å². The van der Waals surface area contributed by atoms with E-state index in [9.17, 15) is 18.0 Å². The molecule has 0 aliphatic carbocycles. The van der Waals surface area contributed by atoms with Gasteiger partial charge >= 0.3 is 0 Å². The molecule has 0 heterocycles. The smallest absolute Gasteiger partial charge is 0.255 e. The van der Waals surface area contributed by atoms with Crippen molar-refractivity contribution >= 4 is 27.5 Å². The van der Waals surface area contributed by atoms with E-state index in [-0.39, 0.29) is 35.7 Å². The highest BCUT2D eigenvalue weighted by atomic mass is 32.2. The summed E-state index contributed by atoms with van der Waals surface area (Å²) in [5, 5.41) is 5.74. The molecule has 0 aromatic heterocycles. The number of benzene rings is 3. The minimum atomic E-state index is -3.72. The van der Waals surface area contributed by atoms with E-state index in [0.29, 0.717) is 22.4 Å². The van der Waals surface area contributed by atoms with Gasteiger partial charge in [0.15, 0.2) is 0 Å². The largest absolute Gasteiger partial charge is 0.350 e. The molecule has 1 atom stereocenters. The van der Waals surface area contributed by atoms with Gasteiger partial charge in [0.05, 0.1) is 10.9 Å². The van der Waals surface area contributed by atoms with Crippen molar-refractivity contribution in [2.45, 2.75) is 45.1 Å². The molecule has 3 rings (SSSR count). The van der Waals surface area contributed by atoms with E-state index in [1.165, 1.54) is 0 Å². The Morgan fingerprint density at radius 2 is 1.54 bits per heavy atom. The Balaban J connectivity index is 1.55. The van der Waals surface area contributed by atoms with Crippen LogP contribution in [0.2, 0.25) is 0 Å². The van der Waals surface area contributed by atoms with E-state index in [0.717, 1.165) is 11.1 Å². The van der Waals surface area contributed by atoms with Crippen molar-refractivity contribution in [3.05, 3.63) is 94.5 Å². The number of aryl methyl sites for hydroxylation is 3. The van der Waals surface area contributed by atoms with Crippen LogP contribution in [0, 0.1) is 20.8 Å². The normalized spacial score (nSPS) is 12.1. The molecule has 0 saturated carbocycles. The third kappa shape index (κ3) is 7.00. The molecule has 3 aromatic rings. The Bertz CT molecular complexity index is 1300. The first-order valence-corrected chi connectivity index (χ1v) is 12.9. The lowest BCUT2D eigenvalue weighted by molar-refractivity contribution is -0.121. The van der Waals surface area contributed by atoms with Gasteiger partial charge in [0.2, 0.25) is 15.9 Å². The minimum Gasteiger partial charge on any atom is -0.350 e. The minimum absolute atomic E-state index is 0.00202. The lowest BCUT2D eigenvalue weighted by Gasteiger charge is -2.16. The van der Waals surface area contributed by atoms with E-state index in [2.05, 4.69) is 15.4 Å². The molecule has 35 heavy (non-hydrogen) atoms. The maximum Gasteiger partial charge on any atom is 0.255 e. The Morgan fingerprint density at radius 3 is 2.20 bits per heavy atom. The van der Waals surface area contributed by atoms with Crippen molar-refractivity contribution in [3.8, 4) is 0 Å². The second-order valence-electron chi connectivity index (χ2n) is 8.61. The van der Waals surface area contributed by atoms with Crippen molar-refractivity contribution in [2.75, 3.05) is 11.9 Å². The highest BCUT2D eigenvalue weighted by Crippen LogP contribution is 2.22. The predicted octanol–water partition coefficient (Wildman–Crippen LogP) is 4.41. The molecule has 3 N–H and O–H groups in total. The van der Waals surface area contributed by atoms with Gasteiger partial charge in [-0.3, -0.25) is 9.59 Å². The average Bonchev–Trinajstić information content (AvgIpc) is 2.78. The van der Waals surface area contributed by atoms with Gasteiger partial charge in [0.1, 0.15) is 0 Å². The van der Waals surface area contributed by atoms with Crippen molar-refractivity contribution in [1.29, 1.82) is 0 Å². The second-order valence-corrected chi connectivity index (χ2v) is 10.3. The lowest BCUT2D eigenvalue weighted by atomic mass is 10.1. The summed E-state index contributed by atoms with van der Waals surface area (Å²) >= 11 is 0. The Morgan fingerprint density at radius 1 is 0.886 bits per heavy atom. The van der Waals surface area contributed by atoms with Gasteiger partial charge in [-0.15, -0.1) is 0 Å². The van der Waals surface area contributed by atoms with Crippen LogP contribution < -0.4 is 15.4 Å². The molecule has 1 unspecified atom stereocenters. The highest BCUT2D eigenvalue weighted by molar-refractivity contribution is 7.89. The molecule has 3 aromatic carbocycles. The van der Waals surface area contributed by atoms with Gasteiger partial charge < -0.3 is 10.6 Å². The van der Waals surface area contributed by atoms with E-state index in [4.69, 9.17) is 0 Å². The molecule has 0 bridgehead atoms. The second kappa shape index (κ2) is 11.3. The number of hydrogen-bond donors (Lipinski definition) is 3. The van der Waals surface area contributed by atoms with E-state index in [1.807, 2.05) is 38.1 Å². The number of nitrogens with one attached hydrogen (secondary N) is 3. The summed E-state index contributed by atoms with van der Waals surface area (Å²) in [7, 11) is -3.72. The third-order valence-corrected chi connectivity index (χ3v) is 7.34. The van der Waals surface area contributed by atoms with Crippen LogP contribution in [-0.4, -0.2) is 26.8 Å². The summed E-state index contributed by atoms with van der Waals surface area (Å²) in [4.78, 5) is 25.1. The predicted molar refractivity (Wildman–Crippen MR) is 138 cm³/mol. The van der Waals surface area contributed by atoms with Crippen LogP contribution >= 0.6 is 0 Å². The maximum absolute atomic E-state index is 12.8. The number of carbonyl (C=O) groups is 2. The highest BCUT2D eigenvalue weighted by Gasteiger charge is 2.20. The van der Waals surface area contributed by atoms with E-state index >= 15 is 0 Å². The number of amides is 2. The monoisotopic (exact) mass is 493 g/mol. The van der Waals surface area contributed by atoms with Gasteiger partial charge in [0.25, 0.3) is 5.91 Å². The zero-order chi connectivity index (χ0) is 25.6. The molecule has 0 spiro atoms. The van der Waals surface area contributed by atoms with Crippen molar-refractivity contribution in [3.63, 3.8) is 0 Å². The molecule has 0 aliphatic rings. The van der Waals surface area contributed by atoms with Crippen molar-refractivity contribution < 1.29 is 18.0 Å². The molecule has 2 amide bonds. The molecule has 0 aliphatic heterocycles. The van der Waals surface area contributed by atoms with Crippen molar-refractivity contribution in [1.82, 2.24) is 10.0 Å². The van der Waals surface area contributed by atoms with Crippen LogP contribution in [0.15, 0.2) is 71.6 Å². The Labute approximate surface area is 207 Å². The summed E-state index contributed by atoms with van der Waals surface area (Å²) in [5.41, 5.74) is 4.33. The van der Waals surface area contributed by atoms with Crippen LogP contribution in [0.4, 0.5) is 5.69 Å². The van der Waals surface area contributed by atoms with Gasteiger partial charge in [-0.05, 0) is 68.7 Å². The fourth-order valence-corrected chi connectivity index (χ4v) is 5.52. The molecular weight excluding hydrogens is 462 g/mol. The van der Waals surface area contributed by atoms with Gasteiger partial charge in [-0.1, -0.05) is 48.0 Å². The summed E-state index contributed by atoms with van der Waals surface area (Å²) < 4.78 is 28.1. The maximum atomic E-state index is 12.8. The quantitative estimate of drug-likeness (QED) is 0.411. The lowest BCUT2D eigenvalue weighted by Crippen LogP contribution is -2.32. The number of rotatable bonds is 9. The van der Waals surface area contributed by atoms with Crippen LogP contribution in [0.5, 0.6) is 0 Å². The molecule has 7 nitrogen and oxygen atoms in total. The summed E-state index contributed by atoms with van der Waals surface area (Å²) in [5.74, 6) is -0.498. The Hall–Kier alpha value is -3.49. The molecule has 0 saturated heterocycles. The van der Waals surface area contributed by atoms with Gasteiger partial charge in [-0.2, -0.15) is 0 Å². The standard InChI is InChI=1S/C27H31N3O4S/c1-18-15-19(2)26(20(3)16-18)35(33,34)28-14-13-25(31)29-21(4)23-11-8-12-24(17-23)30-27(32)22-9-6-5-7-10-22/h5-12,15-17,21,28H,13-14H2,1-4H3,(H,29,31)(H,30,32). The van der Waals surface area contributed by atoms with E-state index < -0.39 is 10.0 Å². The van der Waals surface area contributed by atoms with Crippen LogP contribution in [0.25, 0.3) is 0 Å². The molecule has 8 heteroatoms. The molecule has 0 radical (unpaired) electrons. The first kappa shape index (κ1) is 26.1.